The van der Waals surface area contributed by atoms with Crippen LogP contribution in [-0.4, -0.2) is 17.8 Å². The molecule has 158 valence electrons. The maximum absolute atomic E-state index is 10.7. The number of ether oxygens (including phenoxy) is 2. The van der Waals surface area contributed by atoms with Crippen LogP contribution in [0.3, 0.4) is 0 Å². The molecular weight excluding hydrogens is 385 g/mol. The zero-order chi connectivity index (χ0) is 20.2. The number of hydrogen-bond acceptors (Lipinski definition) is 2. The van der Waals surface area contributed by atoms with Gasteiger partial charge < -0.3 is 9.47 Å². The average molecular weight is 414 g/mol. The summed E-state index contributed by atoms with van der Waals surface area (Å²) in [5, 5.41) is 0. The second-order valence-corrected chi connectivity index (χ2v) is 7.81. The number of rotatable bonds is 12. The van der Waals surface area contributed by atoms with Crippen molar-refractivity contribution >= 4 is 7.81 Å². The summed E-state index contributed by atoms with van der Waals surface area (Å²) in [5.41, 5.74) is 0. The SMILES string of the molecule is CCCCCOCn1cc[n+](COCCCCC)c1.F[P-](F)(F)(F)(F)F. The molecule has 0 saturated carbocycles. The molecule has 1 aromatic rings. The minimum absolute atomic E-state index is 0.631. The van der Waals surface area contributed by atoms with Gasteiger partial charge in [-0.2, -0.15) is 0 Å². The Hall–Kier alpha value is -0.860. The van der Waals surface area contributed by atoms with Crippen LogP contribution in [0.1, 0.15) is 52.4 Å². The fraction of sp³-hybridized carbons (Fsp3) is 0.800. The zero-order valence-electron chi connectivity index (χ0n) is 15.2. The summed E-state index contributed by atoms with van der Waals surface area (Å²) in [6.45, 7) is 7.36. The molecule has 0 N–H and O–H groups in total. The van der Waals surface area contributed by atoms with Gasteiger partial charge in [0.15, 0.2) is 13.5 Å². The first kappa shape index (κ1) is 25.1. The van der Waals surface area contributed by atoms with Crippen molar-refractivity contribution in [3.8, 4) is 0 Å². The third kappa shape index (κ3) is 23.1. The maximum atomic E-state index is 9.87. The quantitative estimate of drug-likeness (QED) is 0.169. The number of hydrogen-bond donors (Lipinski definition) is 0. The standard InChI is InChI=1S/C15H29N2O2.F6P/c1-3-5-7-11-18-14-16-9-10-17(13-16)15-19-12-8-6-4-2;1-7(2,3,4,5)6/h9-10,13H,3-8,11-12,14-15H2,1-2H3;/q+1;-1. The molecule has 0 fully saturated rings. The van der Waals surface area contributed by atoms with E-state index in [-0.39, 0.29) is 0 Å². The van der Waals surface area contributed by atoms with Crippen LogP contribution in [0.5, 0.6) is 0 Å². The molecule has 0 spiro atoms. The molecule has 0 bridgehead atoms. The first-order chi connectivity index (χ1) is 11.8. The zero-order valence-corrected chi connectivity index (χ0v) is 16.1. The van der Waals surface area contributed by atoms with Crippen molar-refractivity contribution in [1.29, 1.82) is 0 Å². The number of aromatic nitrogens is 2. The van der Waals surface area contributed by atoms with Crippen LogP contribution in [0.25, 0.3) is 0 Å². The van der Waals surface area contributed by atoms with E-state index in [4.69, 9.17) is 9.47 Å². The van der Waals surface area contributed by atoms with Gasteiger partial charge in [-0.1, -0.05) is 39.5 Å². The van der Waals surface area contributed by atoms with Crippen molar-refractivity contribution in [2.75, 3.05) is 13.2 Å². The van der Waals surface area contributed by atoms with Gasteiger partial charge in [-0.25, -0.2) is 9.13 Å². The van der Waals surface area contributed by atoms with Crippen LogP contribution in [0.4, 0.5) is 25.2 Å². The van der Waals surface area contributed by atoms with Crippen molar-refractivity contribution in [3.63, 3.8) is 0 Å². The van der Waals surface area contributed by atoms with E-state index in [1.54, 1.807) is 0 Å². The third-order valence-corrected chi connectivity index (χ3v) is 3.01. The second-order valence-electron chi connectivity index (χ2n) is 5.89. The van der Waals surface area contributed by atoms with E-state index in [0.29, 0.717) is 13.5 Å². The van der Waals surface area contributed by atoms with Crippen LogP contribution in [0.2, 0.25) is 0 Å². The Bertz CT molecular complexity index is 453. The third-order valence-electron chi connectivity index (χ3n) is 3.01. The van der Waals surface area contributed by atoms with Gasteiger partial charge in [0.05, 0.1) is 13.2 Å². The second kappa shape index (κ2) is 10.5. The molecule has 0 amide bonds. The van der Waals surface area contributed by atoms with E-state index in [9.17, 15) is 25.2 Å². The van der Waals surface area contributed by atoms with E-state index >= 15 is 0 Å². The Balaban J connectivity index is 0.000000758. The Labute approximate surface area is 150 Å². The summed E-state index contributed by atoms with van der Waals surface area (Å²) in [6, 6.07) is 0. The Morgan fingerprint density at radius 1 is 0.846 bits per heavy atom. The molecule has 0 atom stereocenters. The molecule has 0 unspecified atom stereocenters. The Morgan fingerprint density at radius 3 is 1.85 bits per heavy atom. The fourth-order valence-corrected chi connectivity index (χ4v) is 1.84. The van der Waals surface area contributed by atoms with E-state index in [1.807, 2.05) is 27.9 Å². The average Bonchev–Trinajstić information content (AvgIpc) is 2.91. The van der Waals surface area contributed by atoms with Crippen LogP contribution in [-0.2, 0) is 22.9 Å². The number of imidazole rings is 1. The Kier molecular flexibility index (Phi) is 10.1. The van der Waals surface area contributed by atoms with Gasteiger partial charge in [0, 0.05) is 0 Å². The van der Waals surface area contributed by atoms with Gasteiger partial charge in [-0.3, -0.25) is 0 Å². The molecule has 0 aliphatic heterocycles. The summed E-state index contributed by atoms with van der Waals surface area (Å²) in [5.74, 6) is 0. The molecular formula is C15H29F6N2O2P. The van der Waals surface area contributed by atoms with Gasteiger partial charge in [0.2, 0.25) is 6.33 Å². The van der Waals surface area contributed by atoms with Gasteiger partial charge in [-0.05, 0) is 12.8 Å². The van der Waals surface area contributed by atoms with Crippen LogP contribution in [0.15, 0.2) is 18.7 Å². The fourth-order valence-electron chi connectivity index (χ4n) is 1.84. The van der Waals surface area contributed by atoms with Crippen molar-refractivity contribution in [3.05, 3.63) is 18.7 Å². The molecule has 0 aromatic carbocycles. The van der Waals surface area contributed by atoms with Crippen molar-refractivity contribution < 1.29 is 39.2 Å². The van der Waals surface area contributed by atoms with Crippen LogP contribution in [0, 0.1) is 0 Å². The van der Waals surface area contributed by atoms with Crippen LogP contribution < -0.4 is 4.57 Å². The van der Waals surface area contributed by atoms with Crippen molar-refractivity contribution in [1.82, 2.24) is 4.57 Å². The summed E-state index contributed by atoms with van der Waals surface area (Å²) in [6.07, 6.45) is 13.3. The summed E-state index contributed by atoms with van der Waals surface area (Å²) in [7, 11) is -10.7. The molecule has 0 aliphatic carbocycles. The van der Waals surface area contributed by atoms with Crippen LogP contribution >= 0.6 is 7.81 Å². The monoisotopic (exact) mass is 414 g/mol. The van der Waals surface area contributed by atoms with Gasteiger partial charge in [0.1, 0.15) is 12.4 Å². The van der Waals surface area contributed by atoms with Gasteiger partial charge in [0.25, 0.3) is 0 Å². The molecule has 1 rings (SSSR count). The van der Waals surface area contributed by atoms with E-state index < -0.39 is 7.81 Å². The number of unbranched alkanes of at least 4 members (excludes halogenated alkanes) is 4. The molecule has 11 heteroatoms. The van der Waals surface area contributed by atoms with Gasteiger partial charge >= 0.3 is 33.0 Å². The topological polar surface area (TPSA) is 27.3 Å². The van der Waals surface area contributed by atoms with E-state index in [2.05, 4.69) is 13.8 Å². The Morgan fingerprint density at radius 2 is 1.35 bits per heavy atom. The molecule has 1 aromatic heterocycles. The molecule has 0 aliphatic rings. The van der Waals surface area contributed by atoms with Crippen molar-refractivity contribution in [2.24, 2.45) is 0 Å². The van der Waals surface area contributed by atoms with E-state index in [0.717, 1.165) is 26.1 Å². The first-order valence-electron chi connectivity index (χ1n) is 8.58. The summed E-state index contributed by atoms with van der Waals surface area (Å²) < 4.78 is 74.5. The minimum atomic E-state index is -10.7. The first-order valence-corrected chi connectivity index (χ1v) is 10.6. The van der Waals surface area contributed by atoms with Crippen molar-refractivity contribution in [2.45, 2.75) is 65.8 Å². The molecule has 26 heavy (non-hydrogen) atoms. The van der Waals surface area contributed by atoms with Gasteiger partial charge in [-0.15, -0.1) is 0 Å². The normalized spacial score (nSPS) is 14.3. The number of halogens is 6. The molecule has 0 radical (unpaired) electrons. The summed E-state index contributed by atoms with van der Waals surface area (Å²) >= 11 is 0. The predicted octanol–water partition coefficient (Wildman–Crippen LogP) is 6.49. The molecule has 1 heterocycles. The summed E-state index contributed by atoms with van der Waals surface area (Å²) in [4.78, 5) is 0. The van der Waals surface area contributed by atoms with E-state index in [1.165, 1.54) is 25.7 Å². The predicted molar refractivity (Wildman–Crippen MR) is 89.1 cm³/mol. The number of nitrogens with zero attached hydrogens (tertiary/aromatic N) is 2. The molecule has 0 saturated heterocycles. The molecule has 4 nitrogen and oxygen atoms in total.